The Kier molecular flexibility index (Phi) is 4.12. The van der Waals surface area contributed by atoms with Crippen molar-refractivity contribution < 1.29 is 9.59 Å². The van der Waals surface area contributed by atoms with Gasteiger partial charge in [-0.2, -0.15) is 11.8 Å². The predicted molar refractivity (Wildman–Crippen MR) is 87.0 cm³/mol. The van der Waals surface area contributed by atoms with Crippen LogP contribution in [0.4, 0.5) is 0 Å². The summed E-state index contributed by atoms with van der Waals surface area (Å²) in [5, 5.41) is 2.38. The Morgan fingerprint density at radius 2 is 1.76 bits per heavy atom. The molecule has 0 radical (unpaired) electrons. The van der Waals surface area contributed by atoms with Crippen molar-refractivity contribution in [2.24, 2.45) is 0 Å². The summed E-state index contributed by atoms with van der Waals surface area (Å²) < 4.78 is 0. The van der Waals surface area contributed by atoms with Gasteiger partial charge in [-0.25, -0.2) is 0 Å². The quantitative estimate of drug-likeness (QED) is 0.786. The molecular formula is C16H15NO2S2. The van der Waals surface area contributed by atoms with E-state index < -0.39 is 0 Å². The van der Waals surface area contributed by atoms with Crippen LogP contribution in [0.1, 0.15) is 37.3 Å². The molecule has 0 saturated heterocycles. The third kappa shape index (κ3) is 2.63. The Hall–Kier alpha value is -1.59. The number of rotatable bonds is 5. The molecule has 1 aromatic carbocycles. The third-order valence-corrected chi connectivity index (χ3v) is 5.83. The van der Waals surface area contributed by atoms with Crippen molar-refractivity contribution in [1.29, 1.82) is 0 Å². The number of thioether (sulfide) groups is 1. The van der Waals surface area contributed by atoms with Gasteiger partial charge in [-0.1, -0.05) is 18.2 Å². The smallest absolute Gasteiger partial charge is 0.261 e. The van der Waals surface area contributed by atoms with Crippen LogP contribution >= 0.6 is 23.1 Å². The number of fused-ring (bicyclic) bond motifs is 1. The summed E-state index contributed by atoms with van der Waals surface area (Å²) in [5.74, 6) is -0.330. The summed E-state index contributed by atoms with van der Waals surface area (Å²) in [7, 11) is 0. The highest BCUT2D eigenvalue weighted by molar-refractivity contribution is 7.98. The number of nitrogens with zero attached hydrogens (tertiary/aromatic N) is 1. The average molecular weight is 317 g/mol. The first-order valence-corrected chi connectivity index (χ1v) is 8.90. The van der Waals surface area contributed by atoms with Crippen molar-refractivity contribution >= 4 is 34.9 Å². The maximum atomic E-state index is 12.3. The fraction of sp³-hybridized carbons (Fsp3) is 0.250. The average Bonchev–Trinajstić information content (AvgIpc) is 3.11. The number of hydrogen-bond donors (Lipinski definition) is 0. The summed E-state index contributed by atoms with van der Waals surface area (Å²) >= 11 is 3.48. The molecule has 1 aliphatic heterocycles. The van der Waals surface area contributed by atoms with Crippen LogP contribution < -0.4 is 0 Å². The van der Waals surface area contributed by atoms with Crippen molar-refractivity contribution in [3.63, 3.8) is 0 Å². The second kappa shape index (κ2) is 6.03. The van der Waals surface area contributed by atoms with Crippen LogP contribution in [0.5, 0.6) is 0 Å². The molecule has 0 fully saturated rings. The van der Waals surface area contributed by atoms with E-state index in [2.05, 4.69) is 17.7 Å². The Bertz CT molecular complexity index is 632. The molecule has 5 heteroatoms. The minimum Gasteiger partial charge on any atom is -0.274 e. The zero-order valence-electron chi connectivity index (χ0n) is 11.6. The molecule has 1 aromatic heterocycles. The van der Waals surface area contributed by atoms with Crippen LogP contribution in [0.15, 0.2) is 41.8 Å². The summed E-state index contributed by atoms with van der Waals surface area (Å²) in [6.45, 7) is 0.468. The van der Waals surface area contributed by atoms with E-state index in [9.17, 15) is 9.59 Å². The van der Waals surface area contributed by atoms with E-state index >= 15 is 0 Å². The third-order valence-electron chi connectivity index (χ3n) is 3.64. The summed E-state index contributed by atoms with van der Waals surface area (Å²) in [6.07, 6.45) is 2.85. The minimum absolute atomic E-state index is 0.165. The second-order valence-electron chi connectivity index (χ2n) is 4.84. The topological polar surface area (TPSA) is 37.4 Å². The standard InChI is InChI=1S/C16H15NO2S2/c1-20-13(14-7-4-10-21-14)8-9-17-15(18)11-5-2-3-6-12(11)16(17)19/h2-7,10,13H,8-9H2,1H3. The normalized spacial score (nSPS) is 15.4. The molecule has 0 saturated carbocycles. The highest BCUT2D eigenvalue weighted by Gasteiger charge is 2.35. The monoisotopic (exact) mass is 317 g/mol. The van der Waals surface area contributed by atoms with Gasteiger partial charge in [-0.3, -0.25) is 14.5 Å². The van der Waals surface area contributed by atoms with E-state index in [1.54, 1.807) is 47.4 Å². The largest absolute Gasteiger partial charge is 0.274 e. The minimum atomic E-state index is -0.165. The molecule has 2 heterocycles. The van der Waals surface area contributed by atoms with E-state index in [1.807, 2.05) is 6.07 Å². The van der Waals surface area contributed by atoms with E-state index in [0.29, 0.717) is 22.9 Å². The molecule has 3 nitrogen and oxygen atoms in total. The molecule has 0 bridgehead atoms. The fourth-order valence-electron chi connectivity index (χ4n) is 2.54. The molecule has 3 rings (SSSR count). The molecule has 1 aliphatic rings. The number of thiophene rings is 1. The highest BCUT2D eigenvalue weighted by Crippen LogP contribution is 2.34. The second-order valence-corrected chi connectivity index (χ2v) is 6.86. The zero-order valence-corrected chi connectivity index (χ0v) is 13.2. The summed E-state index contributed by atoms with van der Waals surface area (Å²) in [6, 6.07) is 11.2. The maximum absolute atomic E-state index is 12.3. The van der Waals surface area contributed by atoms with Crippen molar-refractivity contribution in [1.82, 2.24) is 4.90 Å². The summed E-state index contributed by atoms with van der Waals surface area (Å²) in [5.41, 5.74) is 1.05. The molecule has 2 aromatic rings. The van der Waals surface area contributed by atoms with Crippen molar-refractivity contribution in [2.45, 2.75) is 11.7 Å². The van der Waals surface area contributed by atoms with Gasteiger partial charge >= 0.3 is 0 Å². The predicted octanol–water partition coefficient (Wildman–Crippen LogP) is 3.84. The van der Waals surface area contributed by atoms with Crippen LogP contribution in [0.3, 0.4) is 0 Å². The number of imide groups is 1. The van der Waals surface area contributed by atoms with Crippen LogP contribution in [-0.2, 0) is 0 Å². The maximum Gasteiger partial charge on any atom is 0.261 e. The molecular weight excluding hydrogens is 302 g/mol. The Labute approximate surface area is 132 Å². The van der Waals surface area contributed by atoms with Gasteiger partial charge in [-0.15, -0.1) is 11.3 Å². The Balaban J connectivity index is 1.72. The van der Waals surface area contributed by atoms with Gasteiger partial charge in [0.05, 0.1) is 11.1 Å². The van der Waals surface area contributed by atoms with E-state index in [4.69, 9.17) is 0 Å². The van der Waals surface area contributed by atoms with Gasteiger partial charge in [0.1, 0.15) is 0 Å². The fourth-order valence-corrected chi connectivity index (χ4v) is 4.39. The molecule has 21 heavy (non-hydrogen) atoms. The van der Waals surface area contributed by atoms with Crippen LogP contribution in [-0.4, -0.2) is 29.5 Å². The van der Waals surface area contributed by atoms with Gasteiger partial charge < -0.3 is 0 Å². The number of amides is 2. The lowest BCUT2D eigenvalue weighted by Crippen LogP contribution is -2.31. The van der Waals surface area contributed by atoms with Crippen molar-refractivity contribution in [3.05, 3.63) is 57.8 Å². The van der Waals surface area contributed by atoms with Gasteiger partial charge in [-0.05, 0) is 36.3 Å². The van der Waals surface area contributed by atoms with Crippen molar-refractivity contribution in [2.75, 3.05) is 12.8 Å². The lowest BCUT2D eigenvalue weighted by atomic mass is 10.1. The number of hydrogen-bond acceptors (Lipinski definition) is 4. The van der Waals surface area contributed by atoms with Crippen molar-refractivity contribution in [3.8, 4) is 0 Å². The summed E-state index contributed by atoms with van der Waals surface area (Å²) in [4.78, 5) is 27.3. The zero-order chi connectivity index (χ0) is 14.8. The molecule has 1 atom stereocenters. The molecule has 0 N–H and O–H groups in total. The Morgan fingerprint density at radius 3 is 2.29 bits per heavy atom. The number of carbonyl (C=O) groups excluding carboxylic acids is 2. The molecule has 2 amide bonds. The number of carbonyl (C=O) groups is 2. The van der Waals surface area contributed by atoms with Gasteiger partial charge in [0.15, 0.2) is 0 Å². The number of benzene rings is 1. The lowest BCUT2D eigenvalue weighted by molar-refractivity contribution is 0.0652. The van der Waals surface area contributed by atoms with E-state index in [-0.39, 0.29) is 11.8 Å². The van der Waals surface area contributed by atoms with Crippen LogP contribution in [0.2, 0.25) is 0 Å². The van der Waals surface area contributed by atoms with Gasteiger partial charge in [0.2, 0.25) is 0 Å². The molecule has 1 unspecified atom stereocenters. The first-order valence-electron chi connectivity index (χ1n) is 6.74. The molecule has 0 aliphatic carbocycles. The van der Waals surface area contributed by atoms with E-state index in [1.165, 1.54) is 9.78 Å². The van der Waals surface area contributed by atoms with E-state index in [0.717, 1.165) is 6.42 Å². The Morgan fingerprint density at radius 1 is 1.10 bits per heavy atom. The SMILES string of the molecule is CSC(CCN1C(=O)c2ccccc2C1=O)c1cccs1. The first-order chi connectivity index (χ1) is 10.2. The lowest BCUT2D eigenvalue weighted by Gasteiger charge is -2.18. The highest BCUT2D eigenvalue weighted by atomic mass is 32.2. The molecule has 0 spiro atoms. The van der Waals surface area contributed by atoms with Gasteiger partial charge in [0, 0.05) is 16.7 Å². The van der Waals surface area contributed by atoms with Crippen LogP contribution in [0, 0.1) is 0 Å². The first kappa shape index (κ1) is 14.4. The molecule has 108 valence electrons. The van der Waals surface area contributed by atoms with Gasteiger partial charge in [0.25, 0.3) is 11.8 Å². The van der Waals surface area contributed by atoms with Crippen LogP contribution in [0.25, 0.3) is 0 Å².